The molecule has 0 fully saturated rings. The molecule has 0 aliphatic carbocycles. The maximum Gasteiger partial charge on any atom is 0.326 e. The van der Waals surface area contributed by atoms with Crippen molar-refractivity contribution in [1.82, 2.24) is 10.6 Å². The van der Waals surface area contributed by atoms with Crippen LogP contribution in [0, 0.1) is 0 Å². The number of carbonyl (C=O) groups excluding carboxylic acids is 1. The first-order valence-electron chi connectivity index (χ1n) is 8.24. The average Bonchev–Trinajstić information content (AvgIpc) is 2.60. The summed E-state index contributed by atoms with van der Waals surface area (Å²) in [6.07, 6.45) is -0.234. The van der Waals surface area contributed by atoms with Crippen LogP contribution in [0.5, 0.6) is 0 Å². The Kier molecular flexibility index (Phi) is 8.57. The minimum atomic E-state index is -1.33. The number of carboxylic acid groups (broad SMARTS) is 3. The Morgan fingerprint density at radius 2 is 1.48 bits per heavy atom. The summed E-state index contributed by atoms with van der Waals surface area (Å²) in [5, 5.41) is 34.3. The zero-order chi connectivity index (χ0) is 20.4. The number of carbonyl (C=O) groups is 4. The van der Waals surface area contributed by atoms with Gasteiger partial charge in [0.15, 0.2) is 0 Å². The summed E-state index contributed by atoms with van der Waals surface area (Å²) in [7, 11) is 1.75. The molecule has 1 aromatic carbocycles. The number of hydrogen-bond acceptors (Lipinski definition) is 5. The highest BCUT2D eigenvalue weighted by molar-refractivity contribution is 5.86. The van der Waals surface area contributed by atoms with Crippen LogP contribution in [0.3, 0.4) is 0 Å². The Morgan fingerprint density at radius 3 is 1.96 bits per heavy atom. The summed E-state index contributed by atoms with van der Waals surface area (Å²) >= 11 is 0. The van der Waals surface area contributed by atoms with Gasteiger partial charge in [0, 0.05) is 25.6 Å². The fourth-order valence-electron chi connectivity index (χ4n) is 2.32. The lowest BCUT2D eigenvalue weighted by molar-refractivity contribution is -0.140. The molecule has 0 saturated heterocycles. The molecule has 0 heterocycles. The number of urea groups is 1. The molecule has 0 aliphatic rings. The Labute approximate surface area is 155 Å². The summed E-state index contributed by atoms with van der Waals surface area (Å²) in [4.78, 5) is 45.0. The van der Waals surface area contributed by atoms with Crippen LogP contribution in [0.1, 0.15) is 24.8 Å². The van der Waals surface area contributed by atoms with E-state index in [1.54, 1.807) is 31.3 Å². The van der Waals surface area contributed by atoms with Crippen LogP contribution in [0.2, 0.25) is 0 Å². The lowest BCUT2D eigenvalue weighted by Gasteiger charge is -2.18. The van der Waals surface area contributed by atoms with E-state index in [4.69, 9.17) is 10.2 Å². The summed E-state index contributed by atoms with van der Waals surface area (Å²) in [5.74, 6) is -3.66. The van der Waals surface area contributed by atoms with E-state index >= 15 is 0 Å². The third kappa shape index (κ3) is 8.08. The van der Waals surface area contributed by atoms with Gasteiger partial charge >= 0.3 is 23.9 Å². The molecule has 148 valence electrons. The zero-order valence-corrected chi connectivity index (χ0v) is 14.8. The van der Waals surface area contributed by atoms with Crippen molar-refractivity contribution in [3.63, 3.8) is 0 Å². The fourth-order valence-corrected chi connectivity index (χ4v) is 2.32. The van der Waals surface area contributed by atoms with Crippen LogP contribution in [0.25, 0.3) is 0 Å². The van der Waals surface area contributed by atoms with Gasteiger partial charge in [0.2, 0.25) is 0 Å². The number of carboxylic acids is 3. The molecule has 0 radical (unpaired) electrons. The quantitative estimate of drug-likeness (QED) is 0.326. The molecule has 0 saturated carbocycles. The molecule has 10 nitrogen and oxygen atoms in total. The predicted molar refractivity (Wildman–Crippen MR) is 95.7 cm³/mol. The SMILES string of the molecule is CNc1ccc(C[C@H](NC(=O)N[C@@H](CCCC(=O)O)C(=O)O)C(=O)O)cc1. The highest BCUT2D eigenvalue weighted by atomic mass is 16.4. The second-order valence-corrected chi connectivity index (χ2v) is 5.84. The molecule has 1 rings (SSSR count). The normalized spacial score (nSPS) is 12.5. The molecule has 2 atom stereocenters. The third-order valence-electron chi connectivity index (χ3n) is 3.77. The van der Waals surface area contributed by atoms with Gasteiger partial charge in [-0.1, -0.05) is 12.1 Å². The molecular weight excluding hydrogens is 358 g/mol. The first-order valence-corrected chi connectivity index (χ1v) is 8.24. The van der Waals surface area contributed by atoms with Crippen molar-refractivity contribution in [1.29, 1.82) is 0 Å². The summed E-state index contributed by atoms with van der Waals surface area (Å²) < 4.78 is 0. The molecule has 2 amide bonds. The number of aliphatic carboxylic acids is 3. The average molecular weight is 381 g/mol. The second kappa shape index (κ2) is 10.6. The Bertz CT molecular complexity index is 676. The maximum atomic E-state index is 12.0. The van der Waals surface area contributed by atoms with Gasteiger partial charge in [-0.05, 0) is 30.5 Å². The van der Waals surface area contributed by atoms with Crippen LogP contribution in [0.4, 0.5) is 10.5 Å². The minimum Gasteiger partial charge on any atom is -0.481 e. The number of nitrogens with one attached hydrogen (secondary N) is 3. The van der Waals surface area contributed by atoms with Gasteiger partial charge < -0.3 is 31.3 Å². The number of benzene rings is 1. The molecule has 0 spiro atoms. The smallest absolute Gasteiger partial charge is 0.326 e. The monoisotopic (exact) mass is 381 g/mol. The number of anilines is 1. The highest BCUT2D eigenvalue weighted by Crippen LogP contribution is 2.11. The molecule has 0 aromatic heterocycles. The Hall–Kier alpha value is -3.30. The molecule has 0 unspecified atom stereocenters. The van der Waals surface area contributed by atoms with Gasteiger partial charge in [0.05, 0.1) is 0 Å². The Balaban J connectivity index is 2.65. The van der Waals surface area contributed by atoms with E-state index in [-0.39, 0.29) is 25.7 Å². The third-order valence-corrected chi connectivity index (χ3v) is 3.77. The van der Waals surface area contributed by atoms with E-state index in [1.807, 2.05) is 0 Å². The summed E-state index contributed by atoms with van der Waals surface area (Å²) in [6.45, 7) is 0. The van der Waals surface area contributed by atoms with E-state index in [1.165, 1.54) is 0 Å². The highest BCUT2D eigenvalue weighted by Gasteiger charge is 2.24. The molecule has 27 heavy (non-hydrogen) atoms. The minimum absolute atomic E-state index is 0.0174. The first kappa shape index (κ1) is 21.7. The zero-order valence-electron chi connectivity index (χ0n) is 14.8. The van der Waals surface area contributed by atoms with Crippen molar-refractivity contribution >= 4 is 29.6 Å². The summed E-state index contributed by atoms with van der Waals surface area (Å²) in [6, 6.07) is 3.44. The lowest BCUT2D eigenvalue weighted by atomic mass is 10.1. The van der Waals surface area contributed by atoms with Crippen LogP contribution >= 0.6 is 0 Å². The van der Waals surface area contributed by atoms with Gasteiger partial charge in [0.25, 0.3) is 0 Å². The van der Waals surface area contributed by atoms with Crippen molar-refractivity contribution < 1.29 is 34.5 Å². The van der Waals surface area contributed by atoms with Gasteiger partial charge in [-0.15, -0.1) is 0 Å². The largest absolute Gasteiger partial charge is 0.481 e. The topological polar surface area (TPSA) is 165 Å². The second-order valence-electron chi connectivity index (χ2n) is 5.84. The Morgan fingerprint density at radius 1 is 0.926 bits per heavy atom. The van der Waals surface area contributed by atoms with E-state index in [9.17, 15) is 24.3 Å². The van der Waals surface area contributed by atoms with E-state index in [0.29, 0.717) is 5.56 Å². The standard InChI is InChI=1S/C17H23N3O7/c1-18-11-7-5-10(6-8-11)9-13(16(25)26)20-17(27)19-12(15(23)24)3-2-4-14(21)22/h5-8,12-13,18H,2-4,9H2,1H3,(H,21,22)(H,23,24)(H,25,26)(H2,19,20,27)/t12-,13-/m0/s1. The van der Waals surface area contributed by atoms with Gasteiger partial charge in [-0.25, -0.2) is 14.4 Å². The molecule has 1 aromatic rings. The maximum absolute atomic E-state index is 12.0. The number of amides is 2. The van der Waals surface area contributed by atoms with Gasteiger partial charge in [0.1, 0.15) is 12.1 Å². The molecule has 10 heteroatoms. The van der Waals surface area contributed by atoms with Crippen LogP contribution < -0.4 is 16.0 Å². The van der Waals surface area contributed by atoms with Gasteiger partial charge in [-0.3, -0.25) is 4.79 Å². The number of hydrogen-bond donors (Lipinski definition) is 6. The molecule has 0 aliphatic heterocycles. The van der Waals surface area contributed by atoms with Crippen LogP contribution in [0.15, 0.2) is 24.3 Å². The first-order chi connectivity index (χ1) is 12.7. The lowest BCUT2D eigenvalue weighted by Crippen LogP contribution is -2.51. The predicted octanol–water partition coefficient (Wildman–Crippen LogP) is 0.731. The van der Waals surface area contributed by atoms with Crippen molar-refractivity contribution in [2.24, 2.45) is 0 Å². The van der Waals surface area contributed by atoms with Crippen molar-refractivity contribution in [2.45, 2.75) is 37.8 Å². The van der Waals surface area contributed by atoms with E-state index in [0.717, 1.165) is 5.69 Å². The van der Waals surface area contributed by atoms with Crippen LogP contribution in [-0.2, 0) is 20.8 Å². The molecular formula is C17H23N3O7. The van der Waals surface area contributed by atoms with E-state index < -0.39 is 36.0 Å². The summed E-state index contributed by atoms with van der Waals surface area (Å²) in [5.41, 5.74) is 1.53. The van der Waals surface area contributed by atoms with Gasteiger partial charge in [-0.2, -0.15) is 0 Å². The van der Waals surface area contributed by atoms with Crippen molar-refractivity contribution in [2.75, 3.05) is 12.4 Å². The van der Waals surface area contributed by atoms with Crippen molar-refractivity contribution in [3.8, 4) is 0 Å². The van der Waals surface area contributed by atoms with E-state index in [2.05, 4.69) is 16.0 Å². The van der Waals surface area contributed by atoms with Crippen molar-refractivity contribution in [3.05, 3.63) is 29.8 Å². The fraction of sp³-hybridized carbons (Fsp3) is 0.412. The molecule has 6 N–H and O–H groups in total. The van der Waals surface area contributed by atoms with Crippen LogP contribution in [-0.4, -0.2) is 58.4 Å². The molecule has 0 bridgehead atoms. The number of rotatable bonds is 11.